The summed E-state index contributed by atoms with van der Waals surface area (Å²) in [4.78, 5) is 29.7. The lowest BCUT2D eigenvalue weighted by molar-refractivity contribution is -0.125. The van der Waals surface area contributed by atoms with Crippen molar-refractivity contribution >= 4 is 75.7 Å². The Morgan fingerprint density at radius 2 is 2.00 bits per heavy atom. The molecule has 2 saturated heterocycles. The van der Waals surface area contributed by atoms with Crippen LogP contribution >= 0.6 is 63.7 Å². The summed E-state index contributed by atoms with van der Waals surface area (Å²) in [5, 5.41) is 26.4. The molecule has 1 aliphatic carbocycles. The zero-order valence-corrected chi connectivity index (χ0v) is 25.6. The van der Waals surface area contributed by atoms with Crippen molar-refractivity contribution in [2.24, 2.45) is 0 Å². The number of hydrogen-bond donors (Lipinski definition) is 5. The fourth-order valence-electron chi connectivity index (χ4n) is 4.05. The highest BCUT2D eigenvalue weighted by Crippen LogP contribution is 2.44. The maximum atomic E-state index is 12.7. The number of aliphatic hydroxyl groups excluding tert-OH is 2. The normalized spacial score (nSPS) is 28.0. The zero-order valence-electron chi connectivity index (χ0n) is 19.2. The van der Waals surface area contributed by atoms with Gasteiger partial charge in [0.05, 0.1) is 31.6 Å². The number of allylic oxidation sites excluding steroid dienone is 1. The van der Waals surface area contributed by atoms with Crippen molar-refractivity contribution in [3.05, 3.63) is 47.4 Å². The highest BCUT2D eigenvalue weighted by molar-refractivity contribution is 9.12. The predicted molar refractivity (Wildman–Crippen MR) is 145 cm³/mol. The van der Waals surface area contributed by atoms with Crippen LogP contribution < -0.4 is 20.9 Å². The summed E-state index contributed by atoms with van der Waals surface area (Å²) in [6, 6.07) is 2.78. The fraction of sp³-hybridized carbons (Fsp3) is 0.455. The topological polar surface area (TPSA) is 148 Å². The molecule has 0 aromatic heterocycles. The average molecular weight is 777 g/mol. The van der Waals surface area contributed by atoms with E-state index >= 15 is 0 Å². The molecule has 5 atom stereocenters. The number of carbonyl (C=O) groups excluding carboxylic acids is 2. The van der Waals surface area contributed by atoms with Gasteiger partial charge in [-0.3, -0.25) is 9.63 Å². The van der Waals surface area contributed by atoms with Crippen LogP contribution in [0.1, 0.15) is 18.1 Å². The van der Waals surface area contributed by atoms with E-state index in [9.17, 15) is 19.8 Å². The first-order valence-corrected chi connectivity index (χ1v) is 14.2. The molecule has 0 radical (unpaired) electrons. The van der Waals surface area contributed by atoms with Gasteiger partial charge in [0.25, 0.3) is 0 Å². The molecule has 202 valence electrons. The van der Waals surface area contributed by atoms with Gasteiger partial charge >= 0.3 is 6.09 Å². The van der Waals surface area contributed by atoms with Crippen LogP contribution in [0.25, 0.3) is 0 Å². The van der Waals surface area contributed by atoms with Crippen molar-refractivity contribution in [2.45, 2.75) is 36.4 Å². The number of ether oxygens (including phenoxy) is 3. The van der Waals surface area contributed by atoms with Crippen molar-refractivity contribution < 1.29 is 38.9 Å². The summed E-state index contributed by atoms with van der Waals surface area (Å²) in [7, 11) is 1.48. The Morgan fingerprint density at radius 3 is 2.62 bits per heavy atom. The van der Waals surface area contributed by atoms with Gasteiger partial charge in [0, 0.05) is 13.0 Å². The molecule has 37 heavy (non-hydrogen) atoms. The van der Waals surface area contributed by atoms with E-state index in [1.807, 2.05) is 0 Å². The van der Waals surface area contributed by atoms with Gasteiger partial charge in [-0.2, -0.15) is 5.48 Å². The largest absolute Gasteiger partial charge is 0.495 e. The lowest BCUT2D eigenvalue weighted by atomic mass is 9.86. The molecule has 15 heteroatoms. The second-order valence-electron chi connectivity index (χ2n) is 8.51. The number of nitrogens with one attached hydrogen (secondary N) is 3. The third-order valence-electron chi connectivity index (χ3n) is 5.95. The number of alkyl carbamates (subject to hydrolysis) is 1. The summed E-state index contributed by atoms with van der Waals surface area (Å²) in [5.74, 6) is 0.485. The van der Waals surface area contributed by atoms with Gasteiger partial charge in [-0.1, -0.05) is 0 Å². The van der Waals surface area contributed by atoms with Gasteiger partial charge in [-0.25, -0.2) is 4.79 Å². The number of carbonyl (C=O) groups is 2. The van der Waals surface area contributed by atoms with Crippen LogP contribution in [0, 0.1) is 0 Å². The predicted octanol–water partition coefficient (Wildman–Crippen LogP) is 2.79. The van der Waals surface area contributed by atoms with Gasteiger partial charge in [-0.15, -0.1) is 0 Å². The first kappa shape index (κ1) is 28.8. The minimum Gasteiger partial charge on any atom is -0.495 e. The maximum absolute atomic E-state index is 12.7. The van der Waals surface area contributed by atoms with Gasteiger partial charge in [-0.05, 0) is 87.5 Å². The molecule has 2 aliphatic heterocycles. The second-order valence-corrected chi connectivity index (χ2v) is 11.9. The number of aliphatic hydroxyl groups is 2. The number of hydroxylamine groups is 1. The highest BCUT2D eigenvalue weighted by atomic mass is 79.9. The van der Waals surface area contributed by atoms with Crippen LogP contribution in [-0.2, 0) is 19.1 Å². The molecule has 2 fully saturated rings. The SMILES string of the molecule is COC1=C(Br)C(O)C2(C=C1Br)CC(C(=O)NCC(O)COc1c(Br)cc(C3CNC(=O)O3)cc1Br)NO2. The van der Waals surface area contributed by atoms with Gasteiger partial charge < -0.3 is 35.1 Å². The third kappa shape index (κ3) is 6.19. The zero-order chi connectivity index (χ0) is 26.9. The molecular formula is C22H23Br4N3O8. The number of benzene rings is 1. The Hall–Kier alpha value is -1.20. The summed E-state index contributed by atoms with van der Waals surface area (Å²) < 4.78 is 18.4. The molecular weight excluding hydrogens is 754 g/mol. The second kappa shape index (κ2) is 11.9. The summed E-state index contributed by atoms with van der Waals surface area (Å²) in [6.45, 7) is 0.203. The molecule has 1 spiro atoms. The van der Waals surface area contributed by atoms with Crippen LogP contribution in [0.5, 0.6) is 5.75 Å². The molecule has 4 rings (SSSR count). The Labute approximate surface area is 245 Å². The van der Waals surface area contributed by atoms with Crippen LogP contribution in [0.2, 0.25) is 0 Å². The number of methoxy groups -OCH3 is 1. The standard InChI is InChI=1S/C22H23Br4N3O8/c1-34-18-13(25)4-22(19(31)16(18)26)5-14(29-37-22)20(32)27-6-10(30)8-35-17-11(23)2-9(3-12(17)24)15-7-28-21(33)36-15/h2-4,10,14-15,19,29-31H,5-8H2,1H3,(H,27,32)(H,28,33). The Balaban J connectivity index is 1.28. The van der Waals surface area contributed by atoms with E-state index in [4.69, 9.17) is 19.0 Å². The minimum atomic E-state index is -1.18. The maximum Gasteiger partial charge on any atom is 0.407 e. The molecule has 1 aromatic rings. The fourth-order valence-corrected chi connectivity index (χ4v) is 7.29. The first-order valence-electron chi connectivity index (χ1n) is 11.0. The highest BCUT2D eigenvalue weighted by Gasteiger charge is 2.51. The number of amides is 2. The van der Waals surface area contributed by atoms with Gasteiger partial charge in [0.1, 0.15) is 48.1 Å². The number of cyclic esters (lactones) is 1. The van der Waals surface area contributed by atoms with Crippen molar-refractivity contribution in [2.75, 3.05) is 26.8 Å². The molecule has 1 aromatic carbocycles. The summed E-state index contributed by atoms with van der Waals surface area (Å²) in [6.07, 6.45) is -1.18. The van der Waals surface area contributed by atoms with Crippen molar-refractivity contribution in [3.63, 3.8) is 0 Å². The Bertz CT molecular complexity index is 1130. The van der Waals surface area contributed by atoms with Crippen molar-refractivity contribution in [1.82, 2.24) is 16.1 Å². The number of hydrogen-bond acceptors (Lipinski definition) is 9. The minimum absolute atomic E-state index is 0.0689. The van der Waals surface area contributed by atoms with E-state index in [1.54, 1.807) is 18.2 Å². The van der Waals surface area contributed by atoms with Crippen LogP contribution in [0.3, 0.4) is 0 Å². The summed E-state index contributed by atoms with van der Waals surface area (Å²) >= 11 is 13.6. The molecule has 0 bridgehead atoms. The van der Waals surface area contributed by atoms with E-state index in [1.165, 1.54) is 7.11 Å². The van der Waals surface area contributed by atoms with E-state index in [2.05, 4.69) is 79.8 Å². The Morgan fingerprint density at radius 1 is 1.30 bits per heavy atom. The van der Waals surface area contributed by atoms with E-state index in [-0.39, 0.29) is 19.6 Å². The van der Waals surface area contributed by atoms with Crippen molar-refractivity contribution in [1.29, 1.82) is 0 Å². The first-order chi connectivity index (χ1) is 17.5. The number of rotatable bonds is 8. The van der Waals surface area contributed by atoms with E-state index in [0.717, 1.165) is 5.56 Å². The number of halogens is 4. The quantitative estimate of drug-likeness (QED) is 0.269. The molecule has 5 N–H and O–H groups in total. The molecule has 0 saturated carbocycles. The third-order valence-corrected chi connectivity index (χ3v) is 8.51. The average Bonchev–Trinajstić information content (AvgIpc) is 3.48. The molecule has 3 aliphatic rings. The van der Waals surface area contributed by atoms with E-state index in [0.29, 0.717) is 36.0 Å². The molecule has 11 nitrogen and oxygen atoms in total. The monoisotopic (exact) mass is 773 g/mol. The van der Waals surface area contributed by atoms with Gasteiger partial charge in [0.15, 0.2) is 0 Å². The Kier molecular flexibility index (Phi) is 9.26. The van der Waals surface area contributed by atoms with Gasteiger partial charge in [0.2, 0.25) is 5.91 Å². The van der Waals surface area contributed by atoms with Crippen molar-refractivity contribution in [3.8, 4) is 5.75 Å². The summed E-state index contributed by atoms with van der Waals surface area (Å²) in [5.41, 5.74) is 2.26. The molecule has 2 heterocycles. The van der Waals surface area contributed by atoms with Crippen LogP contribution in [-0.4, -0.2) is 72.9 Å². The molecule has 5 unspecified atom stereocenters. The smallest absolute Gasteiger partial charge is 0.407 e. The lowest BCUT2D eigenvalue weighted by Crippen LogP contribution is -2.45. The van der Waals surface area contributed by atoms with Crippen LogP contribution in [0.15, 0.2) is 41.9 Å². The van der Waals surface area contributed by atoms with E-state index < -0.39 is 42.0 Å². The van der Waals surface area contributed by atoms with Crippen LogP contribution in [0.4, 0.5) is 4.79 Å². The molecule has 2 amide bonds. The lowest BCUT2D eigenvalue weighted by Gasteiger charge is -2.33.